The van der Waals surface area contributed by atoms with Gasteiger partial charge in [-0.05, 0) is 62.1 Å². The lowest BCUT2D eigenvalue weighted by molar-refractivity contribution is 0.647. The summed E-state index contributed by atoms with van der Waals surface area (Å²) in [5.41, 5.74) is 3.12. The number of isothiocyanates is 2. The maximum atomic E-state index is 5.77. The van der Waals surface area contributed by atoms with Crippen molar-refractivity contribution in [2.75, 3.05) is 6.54 Å². The van der Waals surface area contributed by atoms with Crippen LogP contribution in [0.15, 0.2) is 16.1 Å². The molecule has 0 saturated heterocycles. The predicted octanol–water partition coefficient (Wildman–Crippen LogP) is 4.04. The third-order valence-corrected chi connectivity index (χ3v) is 2.60. The summed E-state index contributed by atoms with van der Waals surface area (Å²) < 4.78 is 0. The summed E-state index contributed by atoms with van der Waals surface area (Å²) in [4.78, 5) is 4.00. The van der Waals surface area contributed by atoms with Crippen LogP contribution in [0.2, 0.25) is 0 Å². The van der Waals surface area contributed by atoms with Crippen LogP contribution in [0.5, 0.6) is 0 Å². The molecule has 0 atom stereocenters. The highest BCUT2D eigenvalue weighted by Crippen LogP contribution is 2.26. The maximum Gasteiger partial charge on any atom is 0.0705 e. The molecule has 0 unspecified atom stereocenters. The molecule has 2 nitrogen and oxygen atoms in total. The van der Waals surface area contributed by atoms with Crippen molar-refractivity contribution >= 4 is 34.8 Å². The molecule has 0 fully saturated rings. The summed E-state index contributed by atoms with van der Waals surface area (Å²) in [6.45, 7) is 3.02. The molecule has 0 aromatic carbocycles. The third-order valence-electron chi connectivity index (χ3n) is 2.47. The molecule has 1 aliphatic carbocycles. The molecule has 0 aromatic rings. The van der Waals surface area contributed by atoms with Gasteiger partial charge in [-0.15, -0.1) is 0 Å². The van der Waals surface area contributed by atoms with E-state index in [0.29, 0.717) is 0 Å². The average Bonchev–Trinajstić information content (AvgIpc) is 2.28. The second kappa shape index (κ2) is 9.88. The Hall–Kier alpha value is -0.660. The molecule has 0 heterocycles. The van der Waals surface area contributed by atoms with Crippen molar-refractivity contribution in [1.82, 2.24) is 0 Å². The van der Waals surface area contributed by atoms with Gasteiger partial charge in [0.1, 0.15) is 0 Å². The number of thiocarbonyl (C=S) groups is 2. The van der Waals surface area contributed by atoms with Crippen molar-refractivity contribution in [3.05, 3.63) is 11.1 Å². The van der Waals surface area contributed by atoms with Gasteiger partial charge in [-0.3, -0.25) is 0 Å². The Morgan fingerprint density at radius 3 is 2.27 bits per heavy atom. The Balaban J connectivity index is 0.000000583. The minimum Gasteiger partial charge on any atom is -0.248 e. The Morgan fingerprint density at radius 2 is 1.80 bits per heavy atom. The highest BCUT2D eigenvalue weighted by atomic mass is 32.1. The van der Waals surface area contributed by atoms with E-state index in [9.17, 15) is 0 Å². The zero-order valence-corrected chi connectivity index (χ0v) is 10.6. The second-order valence-corrected chi connectivity index (χ2v) is 3.66. The van der Waals surface area contributed by atoms with Crippen LogP contribution >= 0.6 is 24.4 Å². The highest BCUT2D eigenvalue weighted by Gasteiger charge is 2.09. The lowest BCUT2D eigenvalue weighted by atomic mass is 9.90. The molecule has 15 heavy (non-hydrogen) atoms. The number of rotatable bonds is 3. The molecule has 82 valence electrons. The number of hydrogen-bond acceptors (Lipinski definition) is 4. The molecule has 0 aliphatic heterocycles. The molecular formula is C11H16N2S2. The quantitative estimate of drug-likeness (QED) is 0.459. The molecule has 1 aliphatic rings. The molecule has 0 saturated carbocycles. The van der Waals surface area contributed by atoms with Crippen molar-refractivity contribution in [1.29, 1.82) is 5.41 Å². The van der Waals surface area contributed by atoms with Crippen molar-refractivity contribution in [3.63, 3.8) is 0 Å². The van der Waals surface area contributed by atoms with Gasteiger partial charge in [0.25, 0.3) is 0 Å². The number of aliphatic imine (C=N–C) groups is 1. The van der Waals surface area contributed by atoms with Crippen LogP contribution in [0.25, 0.3) is 0 Å². The van der Waals surface area contributed by atoms with E-state index < -0.39 is 0 Å². The summed E-state index contributed by atoms with van der Waals surface area (Å²) in [6, 6.07) is 0. The van der Waals surface area contributed by atoms with E-state index in [1.54, 1.807) is 10.7 Å². The van der Waals surface area contributed by atoms with Crippen LogP contribution < -0.4 is 0 Å². The summed E-state index contributed by atoms with van der Waals surface area (Å²) >= 11 is 8.37. The normalized spacial score (nSPS) is 14.5. The van der Waals surface area contributed by atoms with Gasteiger partial charge in [-0.2, -0.15) is 0 Å². The van der Waals surface area contributed by atoms with Gasteiger partial charge in [0.05, 0.1) is 16.9 Å². The van der Waals surface area contributed by atoms with Crippen molar-refractivity contribution in [2.45, 2.75) is 39.0 Å². The topological polar surface area (TPSA) is 36.2 Å². The zero-order valence-electron chi connectivity index (χ0n) is 9.01. The largest absolute Gasteiger partial charge is 0.248 e. The second-order valence-electron chi connectivity index (χ2n) is 3.28. The van der Waals surface area contributed by atoms with Crippen LogP contribution in [-0.2, 0) is 0 Å². The fourth-order valence-corrected chi connectivity index (χ4v) is 1.84. The lowest BCUT2D eigenvalue weighted by Gasteiger charge is -2.17. The van der Waals surface area contributed by atoms with Crippen LogP contribution in [0, 0.1) is 5.41 Å². The summed E-state index contributed by atoms with van der Waals surface area (Å²) in [5, 5.41) is 9.79. The van der Waals surface area contributed by atoms with E-state index in [2.05, 4.69) is 41.5 Å². The minimum absolute atomic E-state index is 0.798. The Morgan fingerprint density at radius 1 is 1.27 bits per heavy atom. The molecule has 1 N–H and O–H groups in total. The first kappa shape index (κ1) is 14.3. The number of hydrogen-bond donors (Lipinski definition) is 1. The predicted molar refractivity (Wildman–Crippen MR) is 71.0 cm³/mol. The SMILES string of the molecule is CCC1=C(CN=C=S)CCCC1.N=C=S. The molecule has 0 bridgehead atoms. The van der Waals surface area contributed by atoms with Gasteiger partial charge in [-0.25, -0.2) is 10.4 Å². The standard InChI is InChI=1S/C10H15NS.CHNS/c1-2-9-5-3-4-6-10(9)7-11-8-12;2-1-3/h2-7H2,1H3;2H. The van der Waals surface area contributed by atoms with E-state index in [1.165, 1.54) is 37.7 Å². The number of nitrogens with one attached hydrogen (secondary N) is 1. The molecule has 0 radical (unpaired) electrons. The van der Waals surface area contributed by atoms with Gasteiger partial charge in [0, 0.05) is 0 Å². The Kier molecular flexibility index (Phi) is 9.44. The van der Waals surface area contributed by atoms with Gasteiger partial charge in [0.2, 0.25) is 0 Å². The third kappa shape index (κ3) is 6.43. The zero-order chi connectivity index (χ0) is 11.5. The molecule has 0 spiro atoms. The van der Waals surface area contributed by atoms with Crippen LogP contribution in [0.3, 0.4) is 0 Å². The van der Waals surface area contributed by atoms with E-state index in [1.807, 2.05) is 0 Å². The Bertz CT molecular complexity index is 296. The smallest absolute Gasteiger partial charge is 0.0705 e. The first-order chi connectivity index (χ1) is 7.29. The van der Waals surface area contributed by atoms with E-state index in [4.69, 9.17) is 5.41 Å². The van der Waals surface area contributed by atoms with Crippen LogP contribution in [0.1, 0.15) is 39.0 Å². The molecule has 0 aromatic heterocycles. The first-order valence-corrected chi connectivity index (χ1v) is 5.89. The number of allylic oxidation sites excluding steroid dienone is 1. The molecule has 1 rings (SSSR count). The van der Waals surface area contributed by atoms with Gasteiger partial charge < -0.3 is 0 Å². The van der Waals surface area contributed by atoms with Gasteiger partial charge >= 0.3 is 0 Å². The van der Waals surface area contributed by atoms with Crippen molar-refractivity contribution < 1.29 is 0 Å². The molecule has 4 heteroatoms. The first-order valence-electron chi connectivity index (χ1n) is 5.07. The fraction of sp³-hybridized carbons (Fsp3) is 0.636. The van der Waals surface area contributed by atoms with E-state index in [-0.39, 0.29) is 0 Å². The van der Waals surface area contributed by atoms with E-state index in [0.717, 1.165) is 6.54 Å². The van der Waals surface area contributed by atoms with Crippen LogP contribution in [0.4, 0.5) is 0 Å². The summed E-state index contributed by atoms with van der Waals surface area (Å²) in [6.07, 6.45) is 6.37. The fourth-order valence-electron chi connectivity index (χ4n) is 1.78. The van der Waals surface area contributed by atoms with E-state index >= 15 is 0 Å². The van der Waals surface area contributed by atoms with Crippen molar-refractivity contribution in [2.24, 2.45) is 4.99 Å². The average molecular weight is 240 g/mol. The van der Waals surface area contributed by atoms with Crippen LogP contribution in [-0.4, -0.2) is 16.9 Å². The lowest BCUT2D eigenvalue weighted by Crippen LogP contribution is -2.01. The summed E-state index contributed by atoms with van der Waals surface area (Å²) in [5.74, 6) is 0. The monoisotopic (exact) mass is 240 g/mol. The van der Waals surface area contributed by atoms with Crippen molar-refractivity contribution in [3.8, 4) is 0 Å². The summed E-state index contributed by atoms with van der Waals surface area (Å²) in [7, 11) is 0. The molecular weight excluding hydrogens is 224 g/mol. The number of nitrogens with zero attached hydrogens (tertiary/aromatic N) is 1. The minimum atomic E-state index is 0.798. The van der Waals surface area contributed by atoms with Gasteiger partial charge in [-0.1, -0.05) is 12.5 Å². The maximum absolute atomic E-state index is 5.77. The highest BCUT2D eigenvalue weighted by molar-refractivity contribution is 7.78. The molecule has 0 amide bonds. The Labute approximate surface area is 102 Å². The van der Waals surface area contributed by atoms with Gasteiger partial charge in [0.15, 0.2) is 0 Å².